The maximum absolute atomic E-state index is 13.4. The Hall–Kier alpha value is -1.96. The second kappa shape index (κ2) is 11.4. The number of primary amides is 1. The number of rotatable bonds is 10. The Balaban J connectivity index is 1.42. The molecule has 7 heteroatoms. The first-order valence-electron chi connectivity index (χ1n) is 13.5. The van der Waals surface area contributed by atoms with E-state index in [2.05, 4.69) is 11.0 Å². The molecule has 0 spiro atoms. The number of benzene rings is 1. The Bertz CT molecular complexity index is 867. The van der Waals surface area contributed by atoms with Gasteiger partial charge >= 0.3 is 0 Å². The minimum Gasteiger partial charge on any atom is -0.395 e. The van der Waals surface area contributed by atoms with E-state index in [1.165, 1.54) is 24.8 Å². The van der Waals surface area contributed by atoms with Gasteiger partial charge in [0.25, 0.3) is 0 Å². The van der Waals surface area contributed by atoms with Gasteiger partial charge in [0.05, 0.1) is 18.6 Å². The highest BCUT2D eigenvalue weighted by Crippen LogP contribution is 2.43. The van der Waals surface area contributed by atoms with Crippen LogP contribution in [0, 0.1) is 11.3 Å². The second-order valence-electron chi connectivity index (χ2n) is 11.4. The van der Waals surface area contributed by atoms with E-state index in [0.717, 1.165) is 51.6 Å². The highest BCUT2D eigenvalue weighted by molar-refractivity contribution is 5.92. The first-order chi connectivity index (χ1) is 16.8. The number of piperidine rings is 1. The first kappa shape index (κ1) is 26.1. The Morgan fingerprint density at radius 2 is 1.71 bits per heavy atom. The Kier molecular flexibility index (Phi) is 8.50. The predicted molar refractivity (Wildman–Crippen MR) is 136 cm³/mol. The van der Waals surface area contributed by atoms with Crippen LogP contribution >= 0.6 is 0 Å². The highest BCUT2D eigenvalue weighted by atomic mass is 16.3. The molecule has 2 bridgehead atoms. The van der Waals surface area contributed by atoms with E-state index >= 15 is 0 Å². The molecule has 3 aliphatic rings. The molecule has 0 radical (unpaired) electrons. The molecular weight excluding hydrogens is 442 g/mol. The molecule has 0 aromatic heterocycles. The van der Waals surface area contributed by atoms with E-state index in [9.17, 15) is 19.8 Å². The maximum atomic E-state index is 13.4. The standard InChI is InChI=1S/C28H43N3O4/c1-28(18-32,19-33)27(35)30(17-20-6-3-2-4-7-20)12-13-31-24-10-11-25(31)16-23(15-24)21-8-5-9-22(14-21)26(29)34/h5,8-9,14,20,23-25,32-33H,2-4,6-7,10-13,15-19H2,1H3,(H2,29,34)/t23-,24+,25-. The van der Waals surface area contributed by atoms with Gasteiger partial charge in [0.15, 0.2) is 0 Å². The molecule has 1 aromatic carbocycles. The molecule has 2 heterocycles. The fourth-order valence-electron chi connectivity index (χ4n) is 6.62. The summed E-state index contributed by atoms with van der Waals surface area (Å²) in [5.74, 6) is 0.427. The van der Waals surface area contributed by atoms with Crippen LogP contribution in [-0.4, -0.2) is 76.8 Å². The minimum absolute atomic E-state index is 0.126. The topological polar surface area (TPSA) is 107 Å². The van der Waals surface area contributed by atoms with Crippen molar-refractivity contribution in [3.63, 3.8) is 0 Å². The fraction of sp³-hybridized carbons (Fsp3) is 0.714. The lowest BCUT2D eigenvalue weighted by Crippen LogP contribution is -2.52. The lowest BCUT2D eigenvalue weighted by atomic mass is 9.84. The normalized spacial score (nSPS) is 25.5. The summed E-state index contributed by atoms with van der Waals surface area (Å²) in [7, 11) is 0. The third-order valence-electron chi connectivity index (χ3n) is 8.86. The van der Waals surface area contributed by atoms with Crippen molar-refractivity contribution in [2.75, 3.05) is 32.8 Å². The minimum atomic E-state index is -1.13. The van der Waals surface area contributed by atoms with Gasteiger partial charge in [-0.25, -0.2) is 0 Å². The van der Waals surface area contributed by atoms with Gasteiger partial charge in [0.1, 0.15) is 0 Å². The van der Waals surface area contributed by atoms with Crippen LogP contribution < -0.4 is 5.73 Å². The number of carbonyl (C=O) groups excluding carboxylic acids is 2. The van der Waals surface area contributed by atoms with Crippen LogP contribution in [0.2, 0.25) is 0 Å². The van der Waals surface area contributed by atoms with E-state index in [4.69, 9.17) is 5.73 Å². The lowest BCUT2D eigenvalue weighted by molar-refractivity contribution is -0.147. The van der Waals surface area contributed by atoms with Crippen molar-refractivity contribution in [2.45, 2.75) is 82.7 Å². The van der Waals surface area contributed by atoms with Crippen molar-refractivity contribution >= 4 is 11.8 Å². The monoisotopic (exact) mass is 485 g/mol. The molecule has 7 nitrogen and oxygen atoms in total. The molecule has 1 aliphatic carbocycles. The molecule has 194 valence electrons. The number of nitrogens with zero attached hydrogens (tertiary/aromatic N) is 2. The predicted octanol–water partition coefficient (Wildman–Crippen LogP) is 2.90. The number of nitrogens with two attached hydrogens (primary N) is 1. The average molecular weight is 486 g/mol. The number of aliphatic hydroxyl groups excluding tert-OH is 2. The average Bonchev–Trinajstić information content (AvgIpc) is 3.12. The van der Waals surface area contributed by atoms with E-state index in [0.29, 0.717) is 36.0 Å². The van der Waals surface area contributed by atoms with Gasteiger partial charge < -0.3 is 20.8 Å². The molecule has 0 unspecified atom stereocenters. The molecule has 4 rings (SSSR count). The Morgan fingerprint density at radius 1 is 1.06 bits per heavy atom. The van der Waals surface area contributed by atoms with Gasteiger partial charge in [-0.3, -0.25) is 14.5 Å². The Morgan fingerprint density at radius 3 is 2.31 bits per heavy atom. The van der Waals surface area contributed by atoms with Gasteiger partial charge in [-0.1, -0.05) is 31.4 Å². The van der Waals surface area contributed by atoms with Crippen molar-refractivity contribution in [3.05, 3.63) is 35.4 Å². The number of aliphatic hydroxyl groups is 2. The summed E-state index contributed by atoms with van der Waals surface area (Å²) in [4.78, 5) is 29.6. The third-order valence-corrected chi connectivity index (χ3v) is 8.86. The Labute approximate surface area is 209 Å². The van der Waals surface area contributed by atoms with Gasteiger partial charge in [-0.2, -0.15) is 0 Å². The van der Waals surface area contributed by atoms with Crippen LogP contribution in [0.5, 0.6) is 0 Å². The molecule has 2 amide bonds. The summed E-state index contributed by atoms with van der Waals surface area (Å²) < 4.78 is 0. The van der Waals surface area contributed by atoms with Crippen molar-refractivity contribution in [2.24, 2.45) is 17.1 Å². The van der Waals surface area contributed by atoms with E-state index in [-0.39, 0.29) is 25.0 Å². The first-order valence-corrected chi connectivity index (χ1v) is 13.5. The second-order valence-corrected chi connectivity index (χ2v) is 11.4. The molecular formula is C28H43N3O4. The smallest absolute Gasteiger partial charge is 0.248 e. The number of carbonyl (C=O) groups is 2. The fourth-order valence-corrected chi connectivity index (χ4v) is 6.62. The maximum Gasteiger partial charge on any atom is 0.248 e. The van der Waals surface area contributed by atoms with Crippen molar-refractivity contribution < 1.29 is 19.8 Å². The molecule has 4 N–H and O–H groups in total. The van der Waals surface area contributed by atoms with Crippen LogP contribution in [0.3, 0.4) is 0 Å². The molecule has 2 aliphatic heterocycles. The van der Waals surface area contributed by atoms with Gasteiger partial charge in [0, 0.05) is 37.3 Å². The van der Waals surface area contributed by atoms with Gasteiger partial charge in [0.2, 0.25) is 11.8 Å². The summed E-state index contributed by atoms with van der Waals surface area (Å²) in [5.41, 5.74) is 6.14. The van der Waals surface area contributed by atoms with Crippen molar-refractivity contribution in [3.8, 4) is 0 Å². The van der Waals surface area contributed by atoms with Crippen LogP contribution in [0.25, 0.3) is 0 Å². The molecule has 3 atom stereocenters. The summed E-state index contributed by atoms with van der Waals surface area (Å²) in [6, 6.07) is 8.73. The summed E-state index contributed by atoms with van der Waals surface area (Å²) in [5, 5.41) is 19.7. The third kappa shape index (κ3) is 5.89. The SMILES string of the molecule is CC(CO)(CO)C(=O)N(CCN1[C@@H]2CC[C@H]1C[C@@H](c1cccc(C(N)=O)c1)C2)CC1CCCCC1. The molecule has 1 aromatic rings. The molecule has 2 saturated heterocycles. The molecule has 3 fully saturated rings. The number of fused-ring (bicyclic) bond motifs is 2. The van der Waals surface area contributed by atoms with E-state index in [1.807, 2.05) is 17.0 Å². The zero-order valence-corrected chi connectivity index (χ0v) is 21.2. The van der Waals surface area contributed by atoms with E-state index in [1.54, 1.807) is 13.0 Å². The van der Waals surface area contributed by atoms with Crippen molar-refractivity contribution in [1.82, 2.24) is 9.80 Å². The molecule has 35 heavy (non-hydrogen) atoms. The van der Waals surface area contributed by atoms with Crippen LogP contribution in [-0.2, 0) is 4.79 Å². The number of hydrogen-bond donors (Lipinski definition) is 3. The summed E-state index contributed by atoms with van der Waals surface area (Å²) >= 11 is 0. The lowest BCUT2D eigenvalue weighted by Gasteiger charge is -2.41. The van der Waals surface area contributed by atoms with Crippen molar-refractivity contribution in [1.29, 1.82) is 0 Å². The number of amides is 2. The number of hydrogen-bond acceptors (Lipinski definition) is 5. The van der Waals surface area contributed by atoms with Crippen LogP contribution in [0.1, 0.15) is 86.6 Å². The highest BCUT2D eigenvalue weighted by Gasteiger charge is 2.42. The quantitative estimate of drug-likeness (QED) is 0.472. The zero-order valence-electron chi connectivity index (χ0n) is 21.2. The zero-order chi connectivity index (χ0) is 25.0. The van der Waals surface area contributed by atoms with Gasteiger partial charge in [-0.15, -0.1) is 0 Å². The molecule has 1 saturated carbocycles. The summed E-state index contributed by atoms with van der Waals surface area (Å²) in [6.07, 6.45) is 10.5. The van der Waals surface area contributed by atoms with Crippen LogP contribution in [0.15, 0.2) is 24.3 Å². The van der Waals surface area contributed by atoms with Crippen LogP contribution in [0.4, 0.5) is 0 Å². The largest absolute Gasteiger partial charge is 0.395 e. The van der Waals surface area contributed by atoms with E-state index < -0.39 is 5.41 Å². The summed E-state index contributed by atoms with van der Waals surface area (Å²) in [6.45, 7) is 3.17. The van der Waals surface area contributed by atoms with Gasteiger partial charge in [-0.05, 0) is 75.0 Å².